The third-order valence-corrected chi connectivity index (χ3v) is 17.5. The fraction of sp³-hybridized carbons (Fsp3) is 0.0488. The Kier molecular flexibility index (Phi) is 14.0. The fourth-order valence-corrected chi connectivity index (χ4v) is 12.9. The first-order chi connectivity index (χ1) is 44.5. The second kappa shape index (κ2) is 23.5. The zero-order valence-electron chi connectivity index (χ0n) is 49.7. The van der Waals surface area contributed by atoms with Crippen LogP contribution in [0, 0.1) is 0 Å². The normalized spacial score (nSPS) is 11.5. The zero-order valence-corrected chi connectivity index (χ0v) is 49.7. The Balaban J connectivity index is 0.768. The van der Waals surface area contributed by atoms with Gasteiger partial charge in [0.25, 0.3) is 0 Å². The summed E-state index contributed by atoms with van der Waals surface area (Å²) in [6, 6.07) is 97.6. The minimum atomic E-state index is 0.776. The highest BCUT2D eigenvalue weighted by Crippen LogP contribution is 2.38. The summed E-state index contributed by atoms with van der Waals surface area (Å²) in [7, 11) is 0. The van der Waals surface area contributed by atoms with Crippen molar-refractivity contribution in [1.29, 1.82) is 0 Å². The van der Waals surface area contributed by atoms with Crippen LogP contribution < -0.4 is 18.3 Å². The summed E-state index contributed by atoms with van der Waals surface area (Å²) < 4.78 is 17.9. The van der Waals surface area contributed by atoms with Crippen molar-refractivity contribution in [1.82, 2.24) is 18.3 Å². The van der Waals surface area contributed by atoms with Gasteiger partial charge in [0.1, 0.15) is 98.5 Å². The van der Waals surface area contributed by atoms with Gasteiger partial charge in [-0.05, 0) is 172 Å². The summed E-state index contributed by atoms with van der Waals surface area (Å²) in [6.07, 6.45) is 26.0. The van der Waals surface area contributed by atoms with Gasteiger partial charge in [0.2, 0.25) is 25.3 Å². The number of imidazole rings is 4. The van der Waals surface area contributed by atoms with Crippen molar-refractivity contribution < 1.29 is 18.3 Å². The lowest BCUT2D eigenvalue weighted by atomic mass is 9.85. The van der Waals surface area contributed by atoms with Crippen molar-refractivity contribution in [3.8, 4) is 22.7 Å². The van der Waals surface area contributed by atoms with Crippen molar-refractivity contribution >= 4 is 54.2 Å². The Bertz CT molecular complexity index is 4630. The molecular formula is C82H64N8+4. The predicted molar refractivity (Wildman–Crippen MR) is 361 cm³/mol. The van der Waals surface area contributed by atoms with E-state index in [-0.39, 0.29) is 0 Å². The van der Waals surface area contributed by atoms with E-state index in [1.807, 2.05) is 0 Å². The summed E-state index contributed by atoms with van der Waals surface area (Å²) >= 11 is 0. The van der Waals surface area contributed by atoms with E-state index >= 15 is 0 Å². The van der Waals surface area contributed by atoms with E-state index in [9.17, 15) is 0 Å². The first-order valence-electron chi connectivity index (χ1n) is 30.8. The summed E-state index contributed by atoms with van der Waals surface area (Å²) in [5, 5.41) is 10.0. The molecule has 0 unspecified atom stereocenters. The molecule has 4 aromatic heterocycles. The van der Waals surface area contributed by atoms with Crippen molar-refractivity contribution in [2.75, 3.05) is 0 Å². The average molecular weight is 1160 g/mol. The lowest BCUT2D eigenvalue weighted by Crippen LogP contribution is -2.31. The largest absolute Gasteiger partial charge is 0.249 e. The molecule has 0 bridgehead atoms. The third-order valence-electron chi connectivity index (χ3n) is 17.5. The number of hydrogen-bond donors (Lipinski definition) is 0. The van der Waals surface area contributed by atoms with Crippen LogP contribution in [0.1, 0.15) is 44.5 Å². The van der Waals surface area contributed by atoms with Crippen molar-refractivity contribution in [3.63, 3.8) is 0 Å². The molecule has 8 heteroatoms. The smallest absolute Gasteiger partial charge is 0.232 e. The van der Waals surface area contributed by atoms with E-state index in [1.54, 1.807) is 0 Å². The maximum Gasteiger partial charge on any atom is 0.249 e. The van der Waals surface area contributed by atoms with Crippen LogP contribution in [0.15, 0.2) is 342 Å². The maximum absolute atomic E-state index is 2.29. The first-order valence-corrected chi connectivity index (χ1v) is 30.8. The van der Waals surface area contributed by atoms with Gasteiger partial charge in [0.05, 0.1) is 0 Å². The van der Waals surface area contributed by atoms with E-state index in [4.69, 9.17) is 0 Å². The number of fused-ring (bicyclic) bond motifs is 4. The number of aromatic nitrogens is 8. The Hall–Kier alpha value is -11.7. The highest BCUT2D eigenvalue weighted by atomic mass is 15.1. The van der Waals surface area contributed by atoms with Crippen molar-refractivity contribution in [2.45, 2.75) is 26.2 Å². The molecule has 428 valence electrons. The highest BCUT2D eigenvalue weighted by Gasteiger charge is 2.21. The van der Waals surface area contributed by atoms with Gasteiger partial charge < -0.3 is 0 Å². The number of rotatable bonds is 16. The van der Waals surface area contributed by atoms with E-state index in [0.717, 1.165) is 82.3 Å². The molecule has 0 amide bonds. The lowest BCUT2D eigenvalue weighted by molar-refractivity contribution is -0.687. The number of benzene rings is 12. The third kappa shape index (κ3) is 11.2. The monoisotopic (exact) mass is 1160 g/mol. The van der Waals surface area contributed by atoms with Crippen LogP contribution in [0.3, 0.4) is 0 Å². The van der Waals surface area contributed by atoms with Gasteiger partial charge in [-0.25, -0.2) is 36.5 Å². The molecule has 90 heavy (non-hydrogen) atoms. The topological polar surface area (TPSA) is 35.2 Å². The second-order valence-electron chi connectivity index (χ2n) is 23.6. The van der Waals surface area contributed by atoms with Crippen molar-refractivity contribution in [2.24, 2.45) is 0 Å². The average Bonchev–Trinajstić information content (AvgIpc) is 2.16. The Morgan fingerprint density at radius 3 is 0.656 bits per heavy atom. The van der Waals surface area contributed by atoms with Crippen molar-refractivity contribution in [3.05, 3.63) is 386 Å². The van der Waals surface area contributed by atoms with Crippen LogP contribution >= 0.6 is 0 Å². The molecule has 0 aliphatic carbocycles. The van der Waals surface area contributed by atoms with E-state index in [1.165, 1.54) is 65.3 Å². The molecule has 16 aromatic rings. The minimum Gasteiger partial charge on any atom is -0.232 e. The fourth-order valence-electron chi connectivity index (χ4n) is 12.9. The highest BCUT2D eigenvalue weighted by molar-refractivity contribution is 6.05. The van der Waals surface area contributed by atoms with Crippen LogP contribution in [-0.2, 0) is 26.2 Å². The molecule has 0 aliphatic heterocycles. The SMILES string of the molecule is c1ccc2cc(C[n+]3ccn(-c4ccc(C(=C(c5ccc(-n6cc[n+](Cc7ccc8ccccc8c7)c6)cc5)c5ccc(-n6cc[n+](Cc7ccc8ccccc8c7)c6)cc5)c5ccc(-n6cc[n+](Cc7ccc8ccccc8c7)c6)cc5)cc4)c3)ccc2c1. The van der Waals surface area contributed by atoms with E-state index < -0.39 is 0 Å². The summed E-state index contributed by atoms with van der Waals surface area (Å²) in [5.41, 5.74) is 16.1. The standard InChI is InChI=1S/C82H64N8/c1-5-13-73-49-61(17-21-65(73)9-1)53-83-41-45-87(57-83)77-33-25-69(26-34-77)81(70-27-35-78(36-28-70)88-46-42-84(58-88)54-62-18-22-66-10-2-6-14-74(66)50-62)82(71-29-37-79(38-30-71)89-47-43-85(59-89)55-63-19-23-67-11-3-7-15-75(67)51-63)72-31-39-80(40-32-72)90-48-44-86(60-90)56-64-20-24-68-12-4-8-16-76(68)52-64/h1-52,57-60H,53-56H2/q+4. The Morgan fingerprint density at radius 1 is 0.222 bits per heavy atom. The molecule has 0 saturated carbocycles. The second-order valence-corrected chi connectivity index (χ2v) is 23.6. The van der Waals surface area contributed by atoms with Crippen LogP contribution in [0.2, 0.25) is 0 Å². The molecule has 0 spiro atoms. The molecule has 0 atom stereocenters. The molecule has 0 fully saturated rings. The van der Waals surface area contributed by atoms with Gasteiger partial charge in [-0.15, -0.1) is 0 Å². The van der Waals surface area contributed by atoms with E-state index in [0.29, 0.717) is 0 Å². The van der Waals surface area contributed by atoms with Crippen LogP contribution in [-0.4, -0.2) is 18.3 Å². The Labute approximate surface area is 523 Å². The summed E-state index contributed by atoms with van der Waals surface area (Å²) in [6.45, 7) is 3.11. The molecule has 16 rings (SSSR count). The number of hydrogen-bond acceptors (Lipinski definition) is 0. The maximum atomic E-state index is 2.29. The van der Waals surface area contributed by atoms with Gasteiger partial charge in [-0.1, -0.05) is 194 Å². The molecule has 8 nitrogen and oxygen atoms in total. The molecule has 0 aliphatic rings. The predicted octanol–water partition coefficient (Wildman–Crippen LogP) is 15.8. The molecule has 4 heterocycles. The summed E-state index contributed by atoms with van der Waals surface area (Å²) in [5.74, 6) is 0. The molecule has 0 radical (unpaired) electrons. The number of nitrogens with zero attached hydrogens (tertiary/aromatic N) is 8. The lowest BCUT2D eigenvalue weighted by Gasteiger charge is -2.19. The quantitative estimate of drug-likeness (QED) is 0.0683. The van der Waals surface area contributed by atoms with Gasteiger partial charge in [-0.2, -0.15) is 0 Å². The van der Waals surface area contributed by atoms with Gasteiger partial charge in [0, 0.05) is 0 Å². The van der Waals surface area contributed by atoms with Crippen LogP contribution in [0.4, 0.5) is 0 Å². The van der Waals surface area contributed by atoms with Gasteiger partial charge in [-0.3, -0.25) is 0 Å². The minimum absolute atomic E-state index is 0.776. The van der Waals surface area contributed by atoms with Gasteiger partial charge in [0.15, 0.2) is 0 Å². The van der Waals surface area contributed by atoms with E-state index in [2.05, 4.69) is 378 Å². The van der Waals surface area contributed by atoms with Crippen LogP contribution in [0.25, 0.3) is 77.0 Å². The Morgan fingerprint density at radius 2 is 0.433 bits per heavy atom. The molecular weight excluding hydrogens is 1100 g/mol. The molecule has 0 N–H and O–H groups in total. The zero-order chi connectivity index (χ0) is 59.7. The molecule has 12 aromatic carbocycles. The first kappa shape index (κ1) is 53.7. The summed E-state index contributed by atoms with van der Waals surface area (Å²) in [4.78, 5) is 0. The molecule has 0 saturated heterocycles. The van der Waals surface area contributed by atoms with Gasteiger partial charge >= 0.3 is 0 Å². The van der Waals surface area contributed by atoms with Crippen LogP contribution in [0.5, 0.6) is 0 Å².